The van der Waals surface area contributed by atoms with Crippen LogP contribution in [0, 0.1) is 26.0 Å². The molecule has 5 heteroatoms. The van der Waals surface area contributed by atoms with Gasteiger partial charge in [-0.05, 0) is 103 Å². The summed E-state index contributed by atoms with van der Waals surface area (Å²) in [5.41, 5.74) is 13.7. The fourth-order valence-corrected chi connectivity index (χ4v) is 7.64. The standard InChI is InChI=1S/C52H57N3O.Pt/c1-32-24-35(49(3,4)5)18-21-39(32)41-28-45(53-30-33(41)2)34-16-15-17-37(25-34)56-38-20-22-40-42-26-36(50(6,7)8)19-23-46(42)55(47(40)27-38)48-29-43(51(9,10)11)44(31-54-48)52(12,13)14;/h15-24,26,28-31H,1-14H3;/q-2;+2. The molecule has 3 aromatic heterocycles. The van der Waals surface area contributed by atoms with Gasteiger partial charge in [-0.2, -0.15) is 6.07 Å². The van der Waals surface area contributed by atoms with E-state index in [4.69, 9.17) is 14.7 Å². The first-order valence-electron chi connectivity index (χ1n) is 19.9. The summed E-state index contributed by atoms with van der Waals surface area (Å²) in [4.78, 5) is 9.98. The molecule has 0 saturated carbocycles. The van der Waals surface area contributed by atoms with Crippen molar-refractivity contribution in [2.24, 2.45) is 0 Å². The molecule has 0 N–H and O–H groups in total. The Morgan fingerprint density at radius 1 is 0.544 bits per heavy atom. The van der Waals surface area contributed by atoms with Crippen molar-refractivity contribution in [3.05, 3.63) is 137 Å². The van der Waals surface area contributed by atoms with Gasteiger partial charge >= 0.3 is 21.1 Å². The minimum Gasteiger partial charge on any atom is -0.503 e. The maximum atomic E-state index is 6.59. The molecule has 0 fully saturated rings. The van der Waals surface area contributed by atoms with Crippen LogP contribution in [0.3, 0.4) is 0 Å². The normalized spacial score (nSPS) is 12.6. The minimum atomic E-state index is -0.0694. The fraction of sp³-hybridized carbons (Fsp3) is 0.346. The molecule has 57 heavy (non-hydrogen) atoms. The number of aromatic nitrogens is 3. The van der Waals surface area contributed by atoms with Gasteiger partial charge in [-0.3, -0.25) is 0 Å². The van der Waals surface area contributed by atoms with Crippen LogP contribution in [0.4, 0.5) is 0 Å². The van der Waals surface area contributed by atoms with E-state index in [0.717, 1.165) is 39.1 Å². The van der Waals surface area contributed by atoms with Crippen LogP contribution in [0.2, 0.25) is 0 Å². The molecule has 0 aliphatic carbocycles. The van der Waals surface area contributed by atoms with E-state index in [9.17, 15) is 0 Å². The molecular weight excluding hydrogens is 878 g/mol. The summed E-state index contributed by atoms with van der Waals surface area (Å²) in [6.07, 6.45) is 4.03. The van der Waals surface area contributed by atoms with E-state index in [1.165, 1.54) is 44.3 Å². The Labute approximate surface area is 355 Å². The Balaban J connectivity index is 0.00000549. The van der Waals surface area contributed by atoms with Gasteiger partial charge in [-0.1, -0.05) is 131 Å². The molecule has 296 valence electrons. The predicted octanol–water partition coefficient (Wildman–Crippen LogP) is 14.1. The number of benzene rings is 4. The van der Waals surface area contributed by atoms with Crippen LogP contribution in [0.15, 0.2) is 91.3 Å². The monoisotopic (exact) mass is 934 g/mol. The van der Waals surface area contributed by atoms with Gasteiger partial charge in [0.2, 0.25) is 0 Å². The molecule has 4 aromatic carbocycles. The van der Waals surface area contributed by atoms with Crippen LogP contribution >= 0.6 is 0 Å². The van der Waals surface area contributed by atoms with Crippen LogP contribution in [-0.4, -0.2) is 14.5 Å². The van der Waals surface area contributed by atoms with E-state index in [1.807, 2.05) is 30.5 Å². The SMILES string of the molecule is Cc1cc(C(C)(C)C)ccc1-c1cc(-c2[c-]c(Oc3[c-]c4c(cc3)c3cc(C(C)(C)C)ccc3n4-c3cc(C(C)(C)C)c(C(C)(C)C)cn3)ccc2)ncc1C.[Pt+2]. The number of ether oxygens (including phenoxy) is 1. The quantitative estimate of drug-likeness (QED) is 0.161. The third-order valence-electron chi connectivity index (χ3n) is 11.0. The van der Waals surface area contributed by atoms with Crippen LogP contribution in [-0.2, 0) is 42.7 Å². The van der Waals surface area contributed by atoms with Crippen molar-refractivity contribution in [2.45, 2.75) is 119 Å². The topological polar surface area (TPSA) is 39.9 Å². The van der Waals surface area contributed by atoms with E-state index in [1.54, 1.807) is 0 Å². The van der Waals surface area contributed by atoms with E-state index in [2.05, 4.69) is 174 Å². The van der Waals surface area contributed by atoms with Crippen molar-refractivity contribution in [2.75, 3.05) is 0 Å². The number of rotatable bonds is 5. The van der Waals surface area contributed by atoms with Crippen molar-refractivity contribution in [1.29, 1.82) is 0 Å². The number of aryl methyl sites for hydroxylation is 2. The minimum absolute atomic E-state index is 0. The molecule has 3 heterocycles. The Hall–Kier alpha value is -4.53. The molecule has 0 radical (unpaired) electrons. The summed E-state index contributed by atoms with van der Waals surface area (Å²) in [5, 5.41) is 2.28. The van der Waals surface area contributed by atoms with Crippen molar-refractivity contribution in [1.82, 2.24) is 14.5 Å². The molecule has 7 rings (SSSR count). The first-order valence-corrected chi connectivity index (χ1v) is 19.9. The molecule has 0 aliphatic rings. The van der Waals surface area contributed by atoms with E-state index in [0.29, 0.717) is 11.5 Å². The Morgan fingerprint density at radius 2 is 1.19 bits per heavy atom. The molecule has 0 bridgehead atoms. The fourth-order valence-electron chi connectivity index (χ4n) is 7.64. The third kappa shape index (κ3) is 8.40. The molecule has 0 amide bonds. The van der Waals surface area contributed by atoms with E-state index < -0.39 is 0 Å². The molecule has 7 aromatic rings. The van der Waals surface area contributed by atoms with Gasteiger partial charge in [0.15, 0.2) is 0 Å². The smallest absolute Gasteiger partial charge is 0.503 e. The Bertz CT molecular complexity index is 2620. The largest absolute Gasteiger partial charge is 2.00 e. The van der Waals surface area contributed by atoms with Gasteiger partial charge in [0, 0.05) is 29.4 Å². The van der Waals surface area contributed by atoms with Gasteiger partial charge in [0.25, 0.3) is 0 Å². The van der Waals surface area contributed by atoms with Crippen molar-refractivity contribution < 1.29 is 25.8 Å². The second-order valence-electron chi connectivity index (χ2n) is 19.7. The Morgan fingerprint density at radius 3 is 1.84 bits per heavy atom. The number of hydrogen-bond donors (Lipinski definition) is 0. The molecule has 0 aliphatic heterocycles. The zero-order chi connectivity index (χ0) is 40.5. The first kappa shape index (κ1) is 42.1. The maximum Gasteiger partial charge on any atom is 2.00 e. The number of hydrogen-bond acceptors (Lipinski definition) is 3. The molecule has 0 spiro atoms. The molecule has 0 saturated heterocycles. The summed E-state index contributed by atoms with van der Waals surface area (Å²) in [6, 6.07) is 35.4. The summed E-state index contributed by atoms with van der Waals surface area (Å²) in [7, 11) is 0. The predicted molar refractivity (Wildman–Crippen MR) is 236 cm³/mol. The molecule has 0 unspecified atom stereocenters. The molecule has 4 nitrogen and oxygen atoms in total. The second-order valence-corrected chi connectivity index (χ2v) is 19.7. The Kier molecular flexibility index (Phi) is 11.1. The van der Waals surface area contributed by atoms with Crippen molar-refractivity contribution >= 4 is 21.8 Å². The molecular formula is C52H57N3OPt. The zero-order valence-electron chi connectivity index (χ0n) is 36.2. The van der Waals surface area contributed by atoms with Crippen molar-refractivity contribution in [3.63, 3.8) is 0 Å². The summed E-state index contributed by atoms with van der Waals surface area (Å²) >= 11 is 0. The number of fused-ring (bicyclic) bond motifs is 3. The maximum absolute atomic E-state index is 6.59. The third-order valence-corrected chi connectivity index (χ3v) is 11.0. The molecule has 0 atom stereocenters. The van der Waals surface area contributed by atoms with Gasteiger partial charge in [-0.25, -0.2) is 4.98 Å². The first-order chi connectivity index (χ1) is 26.1. The average molecular weight is 935 g/mol. The second kappa shape index (κ2) is 15.0. The van der Waals surface area contributed by atoms with Crippen LogP contribution in [0.25, 0.3) is 50.0 Å². The number of nitrogens with zero attached hydrogens (tertiary/aromatic N) is 3. The summed E-state index contributed by atoms with van der Waals surface area (Å²) in [5.74, 6) is 2.09. The van der Waals surface area contributed by atoms with Crippen LogP contribution < -0.4 is 4.74 Å². The van der Waals surface area contributed by atoms with Crippen molar-refractivity contribution in [3.8, 4) is 39.7 Å². The summed E-state index contributed by atoms with van der Waals surface area (Å²) in [6.45, 7) is 31.5. The van der Waals surface area contributed by atoms with Gasteiger partial charge in [0.1, 0.15) is 5.82 Å². The summed E-state index contributed by atoms with van der Waals surface area (Å²) < 4.78 is 8.83. The van der Waals surface area contributed by atoms with Gasteiger partial charge < -0.3 is 14.3 Å². The number of pyridine rings is 2. The van der Waals surface area contributed by atoms with Gasteiger partial charge in [-0.15, -0.1) is 41.3 Å². The van der Waals surface area contributed by atoms with E-state index in [-0.39, 0.29) is 42.7 Å². The van der Waals surface area contributed by atoms with Crippen LogP contribution in [0.1, 0.15) is 116 Å². The van der Waals surface area contributed by atoms with E-state index >= 15 is 0 Å². The average Bonchev–Trinajstić information content (AvgIpc) is 3.43. The van der Waals surface area contributed by atoms with Gasteiger partial charge in [0.05, 0.1) is 0 Å². The van der Waals surface area contributed by atoms with Crippen LogP contribution in [0.5, 0.6) is 11.5 Å². The zero-order valence-corrected chi connectivity index (χ0v) is 38.5.